The fraction of sp³-hybridized carbons (Fsp3) is 0.909. The second-order valence-corrected chi connectivity index (χ2v) is 4.30. The Morgan fingerprint density at radius 1 is 1.36 bits per heavy atom. The minimum atomic E-state index is -0.174. The zero-order chi connectivity index (χ0) is 11.1. The Morgan fingerprint density at radius 3 is 2.36 bits per heavy atom. The molecule has 0 aliphatic heterocycles. The highest BCUT2D eigenvalue weighted by Gasteiger charge is 2.13. The lowest BCUT2D eigenvalue weighted by atomic mass is 10.1. The highest BCUT2D eigenvalue weighted by molar-refractivity contribution is 5.70. The second-order valence-electron chi connectivity index (χ2n) is 4.30. The molecule has 0 aromatic carbocycles. The molecule has 3 nitrogen and oxygen atoms in total. The van der Waals surface area contributed by atoms with Crippen molar-refractivity contribution in [3.8, 4) is 0 Å². The monoisotopic (exact) mass is 201 g/mol. The Hall–Kier alpha value is -0.570. The van der Waals surface area contributed by atoms with Crippen molar-refractivity contribution >= 4 is 5.97 Å². The number of ether oxygens (including phenoxy) is 1. The van der Waals surface area contributed by atoms with Gasteiger partial charge in [0, 0.05) is 6.04 Å². The third-order valence-corrected chi connectivity index (χ3v) is 2.09. The van der Waals surface area contributed by atoms with Crippen molar-refractivity contribution in [2.75, 3.05) is 0 Å². The van der Waals surface area contributed by atoms with Crippen LogP contribution in [0.25, 0.3) is 0 Å². The molecule has 3 heteroatoms. The Balaban J connectivity index is 3.71. The summed E-state index contributed by atoms with van der Waals surface area (Å²) in [4.78, 5) is 11.3. The van der Waals surface area contributed by atoms with Crippen molar-refractivity contribution in [3.63, 3.8) is 0 Å². The molecule has 0 aliphatic rings. The zero-order valence-electron chi connectivity index (χ0n) is 9.75. The maximum Gasteiger partial charge on any atom is 0.307 e. The van der Waals surface area contributed by atoms with E-state index >= 15 is 0 Å². The zero-order valence-corrected chi connectivity index (χ0v) is 9.75. The van der Waals surface area contributed by atoms with Gasteiger partial charge in [-0.1, -0.05) is 20.8 Å². The Morgan fingerprint density at radius 2 is 1.93 bits per heavy atom. The smallest absolute Gasteiger partial charge is 0.307 e. The molecular formula is C11H23NO2. The van der Waals surface area contributed by atoms with Crippen molar-refractivity contribution < 1.29 is 9.53 Å². The average Bonchev–Trinajstić information content (AvgIpc) is 2.01. The third kappa shape index (κ3) is 6.89. The standard InChI is InChI=1S/C11H23NO2/c1-5-10(12)7-11(13)14-9(4)6-8(2)3/h8-10H,5-7,12H2,1-4H3. The lowest BCUT2D eigenvalue weighted by molar-refractivity contribution is -0.149. The highest BCUT2D eigenvalue weighted by atomic mass is 16.5. The molecule has 0 aliphatic carbocycles. The molecule has 0 aromatic heterocycles. The fourth-order valence-electron chi connectivity index (χ4n) is 1.34. The van der Waals surface area contributed by atoms with Crippen molar-refractivity contribution in [3.05, 3.63) is 0 Å². The summed E-state index contributed by atoms with van der Waals surface area (Å²) in [6.45, 7) is 8.12. The average molecular weight is 201 g/mol. The van der Waals surface area contributed by atoms with E-state index < -0.39 is 0 Å². The van der Waals surface area contributed by atoms with E-state index in [1.54, 1.807) is 0 Å². The van der Waals surface area contributed by atoms with Gasteiger partial charge in [0.25, 0.3) is 0 Å². The summed E-state index contributed by atoms with van der Waals surface area (Å²) in [6, 6.07) is -0.0613. The number of carbonyl (C=O) groups excluding carboxylic acids is 1. The van der Waals surface area contributed by atoms with E-state index in [-0.39, 0.29) is 18.1 Å². The van der Waals surface area contributed by atoms with Crippen molar-refractivity contribution in [2.45, 2.75) is 59.1 Å². The van der Waals surface area contributed by atoms with E-state index in [1.165, 1.54) is 0 Å². The van der Waals surface area contributed by atoms with Gasteiger partial charge in [-0.25, -0.2) is 0 Å². The molecule has 0 rings (SSSR count). The van der Waals surface area contributed by atoms with Gasteiger partial charge < -0.3 is 10.5 Å². The minimum absolute atomic E-state index is 0.00607. The number of rotatable bonds is 6. The van der Waals surface area contributed by atoms with E-state index in [1.807, 2.05) is 13.8 Å². The summed E-state index contributed by atoms with van der Waals surface area (Å²) in [5.41, 5.74) is 5.65. The topological polar surface area (TPSA) is 52.3 Å². The second kappa shape index (κ2) is 6.82. The third-order valence-electron chi connectivity index (χ3n) is 2.09. The van der Waals surface area contributed by atoms with Gasteiger partial charge in [0.05, 0.1) is 12.5 Å². The van der Waals surface area contributed by atoms with Crippen molar-refractivity contribution in [2.24, 2.45) is 11.7 Å². The number of nitrogens with two attached hydrogens (primary N) is 1. The first kappa shape index (κ1) is 13.4. The van der Waals surface area contributed by atoms with Gasteiger partial charge in [0.2, 0.25) is 0 Å². The van der Waals surface area contributed by atoms with E-state index in [4.69, 9.17) is 10.5 Å². The van der Waals surface area contributed by atoms with Gasteiger partial charge in [-0.2, -0.15) is 0 Å². The van der Waals surface area contributed by atoms with Crippen LogP contribution in [0.1, 0.15) is 47.0 Å². The van der Waals surface area contributed by atoms with Gasteiger partial charge in [-0.05, 0) is 25.7 Å². The number of hydrogen-bond acceptors (Lipinski definition) is 3. The molecule has 0 aromatic rings. The van der Waals surface area contributed by atoms with Crippen LogP contribution in [0.4, 0.5) is 0 Å². The molecule has 2 atom stereocenters. The van der Waals surface area contributed by atoms with Crippen molar-refractivity contribution in [1.29, 1.82) is 0 Å². The Labute approximate surface area is 87.0 Å². The van der Waals surface area contributed by atoms with Gasteiger partial charge in [0.1, 0.15) is 0 Å². The summed E-state index contributed by atoms with van der Waals surface area (Å²) < 4.78 is 5.21. The van der Waals surface area contributed by atoms with Crippen LogP contribution in [0.3, 0.4) is 0 Å². The van der Waals surface area contributed by atoms with Gasteiger partial charge in [-0.15, -0.1) is 0 Å². The first-order valence-corrected chi connectivity index (χ1v) is 5.40. The molecule has 2 N–H and O–H groups in total. The van der Waals surface area contributed by atoms with Gasteiger partial charge >= 0.3 is 5.97 Å². The SMILES string of the molecule is CCC(N)CC(=O)OC(C)CC(C)C. The van der Waals surface area contributed by atoms with Crippen LogP contribution >= 0.6 is 0 Å². The fourth-order valence-corrected chi connectivity index (χ4v) is 1.34. The Kier molecular flexibility index (Phi) is 6.54. The lowest BCUT2D eigenvalue weighted by Gasteiger charge is -2.16. The summed E-state index contributed by atoms with van der Waals surface area (Å²) in [5, 5.41) is 0. The quantitative estimate of drug-likeness (QED) is 0.669. The maximum absolute atomic E-state index is 11.3. The van der Waals surface area contributed by atoms with Crippen LogP contribution < -0.4 is 5.73 Å². The first-order chi connectivity index (χ1) is 6.45. The summed E-state index contributed by atoms with van der Waals surface area (Å²) in [6.07, 6.45) is 2.06. The van der Waals surface area contributed by atoms with E-state index in [2.05, 4.69) is 13.8 Å². The summed E-state index contributed by atoms with van der Waals surface area (Å²) in [7, 11) is 0. The molecule has 0 saturated heterocycles. The molecule has 0 fully saturated rings. The van der Waals surface area contributed by atoms with Gasteiger partial charge in [0.15, 0.2) is 0 Å². The predicted molar refractivity (Wildman–Crippen MR) is 57.9 cm³/mol. The molecule has 0 heterocycles. The summed E-state index contributed by atoms with van der Waals surface area (Å²) in [5.74, 6) is 0.380. The predicted octanol–water partition coefficient (Wildman–Crippen LogP) is 2.09. The highest BCUT2D eigenvalue weighted by Crippen LogP contribution is 2.09. The molecule has 0 spiro atoms. The summed E-state index contributed by atoms with van der Waals surface area (Å²) >= 11 is 0. The van der Waals surface area contributed by atoms with Crippen LogP contribution in [-0.4, -0.2) is 18.1 Å². The number of hydrogen-bond donors (Lipinski definition) is 1. The first-order valence-electron chi connectivity index (χ1n) is 5.40. The number of carbonyl (C=O) groups is 1. The van der Waals surface area contributed by atoms with E-state index in [9.17, 15) is 4.79 Å². The van der Waals surface area contributed by atoms with Crippen molar-refractivity contribution in [1.82, 2.24) is 0 Å². The largest absolute Gasteiger partial charge is 0.463 e. The van der Waals surface area contributed by atoms with Crippen LogP contribution in [0, 0.1) is 5.92 Å². The number of esters is 1. The molecule has 0 saturated carbocycles. The van der Waals surface area contributed by atoms with E-state index in [0.717, 1.165) is 12.8 Å². The molecule has 2 unspecified atom stereocenters. The molecule has 0 amide bonds. The van der Waals surface area contributed by atoms with Crippen LogP contribution in [0.5, 0.6) is 0 Å². The van der Waals surface area contributed by atoms with Crippen LogP contribution in [0.15, 0.2) is 0 Å². The Bertz CT molecular complexity index is 169. The molecule has 0 bridgehead atoms. The lowest BCUT2D eigenvalue weighted by Crippen LogP contribution is -2.26. The van der Waals surface area contributed by atoms with Crippen LogP contribution in [0.2, 0.25) is 0 Å². The molecule has 0 radical (unpaired) electrons. The van der Waals surface area contributed by atoms with Crippen LogP contribution in [-0.2, 0) is 9.53 Å². The molecule has 84 valence electrons. The van der Waals surface area contributed by atoms with Gasteiger partial charge in [-0.3, -0.25) is 4.79 Å². The maximum atomic E-state index is 11.3. The van der Waals surface area contributed by atoms with E-state index in [0.29, 0.717) is 12.3 Å². The molecule has 14 heavy (non-hydrogen) atoms. The minimum Gasteiger partial charge on any atom is -0.463 e. The molecular weight excluding hydrogens is 178 g/mol. The normalized spacial score (nSPS) is 15.3.